The number of ether oxygens (including phenoxy) is 1. The molecule has 3 aromatic rings. The van der Waals surface area contributed by atoms with Crippen LogP contribution in [0.4, 0.5) is 5.82 Å². The lowest BCUT2D eigenvalue weighted by Gasteiger charge is -2.36. The standard InChI is InChI=1S/C19H19N5O2S/c25-19(24-5-2-17-13(10-24)3-8-27-17)16-11-23(6-7-26-16)18-14-1-4-20-9-15(14)21-12-22-18/h1,3-4,8-9,12,16H,2,5-7,10-11H2. The smallest absolute Gasteiger partial charge is 0.253 e. The van der Waals surface area contributed by atoms with Crippen LogP contribution in [-0.4, -0.2) is 58.1 Å². The summed E-state index contributed by atoms with van der Waals surface area (Å²) in [5.74, 6) is 0.902. The normalized spacial score (nSPS) is 19.9. The summed E-state index contributed by atoms with van der Waals surface area (Å²) in [7, 11) is 0. The molecule has 0 aromatic carbocycles. The second-order valence-corrected chi connectivity index (χ2v) is 7.78. The summed E-state index contributed by atoms with van der Waals surface area (Å²) in [6.07, 6.45) is 5.48. The van der Waals surface area contributed by atoms with E-state index in [4.69, 9.17) is 4.74 Å². The van der Waals surface area contributed by atoms with Gasteiger partial charge in [-0.3, -0.25) is 9.78 Å². The summed E-state index contributed by atoms with van der Waals surface area (Å²) in [5, 5.41) is 3.05. The molecule has 7 nitrogen and oxygen atoms in total. The van der Waals surface area contributed by atoms with E-state index in [1.165, 1.54) is 10.4 Å². The van der Waals surface area contributed by atoms with E-state index in [2.05, 4.69) is 31.3 Å². The molecule has 1 fully saturated rings. The Morgan fingerprint density at radius 2 is 2.22 bits per heavy atom. The Balaban J connectivity index is 1.36. The van der Waals surface area contributed by atoms with Crippen LogP contribution in [0.3, 0.4) is 0 Å². The maximum atomic E-state index is 13.1. The number of rotatable bonds is 2. The summed E-state index contributed by atoms with van der Waals surface area (Å²) >= 11 is 1.78. The summed E-state index contributed by atoms with van der Waals surface area (Å²) < 4.78 is 5.84. The third kappa shape index (κ3) is 3.04. The van der Waals surface area contributed by atoms with Gasteiger partial charge in [-0.1, -0.05) is 0 Å². The van der Waals surface area contributed by atoms with E-state index in [0.717, 1.165) is 29.7 Å². The van der Waals surface area contributed by atoms with Gasteiger partial charge in [-0.05, 0) is 29.5 Å². The van der Waals surface area contributed by atoms with Gasteiger partial charge in [0, 0.05) is 36.1 Å². The molecular weight excluding hydrogens is 362 g/mol. The number of anilines is 1. The number of carbonyl (C=O) groups is 1. The van der Waals surface area contributed by atoms with E-state index in [-0.39, 0.29) is 5.91 Å². The third-order valence-corrected chi connectivity index (χ3v) is 6.20. The van der Waals surface area contributed by atoms with Crippen LogP contribution in [-0.2, 0) is 22.5 Å². The molecule has 5 heterocycles. The third-order valence-electron chi connectivity index (χ3n) is 5.18. The number of thiophene rings is 1. The van der Waals surface area contributed by atoms with Gasteiger partial charge >= 0.3 is 0 Å². The first-order valence-electron chi connectivity index (χ1n) is 9.05. The number of amides is 1. The van der Waals surface area contributed by atoms with Crippen molar-refractivity contribution in [2.45, 2.75) is 19.1 Å². The highest BCUT2D eigenvalue weighted by molar-refractivity contribution is 7.10. The molecule has 0 aliphatic carbocycles. The van der Waals surface area contributed by atoms with E-state index in [0.29, 0.717) is 26.2 Å². The Morgan fingerprint density at radius 1 is 1.26 bits per heavy atom. The highest BCUT2D eigenvalue weighted by Gasteiger charge is 2.33. The minimum Gasteiger partial charge on any atom is -0.365 e. The summed E-state index contributed by atoms with van der Waals surface area (Å²) in [5.41, 5.74) is 2.07. The molecule has 3 aromatic heterocycles. The number of pyridine rings is 1. The monoisotopic (exact) mass is 381 g/mol. The Labute approximate surface area is 160 Å². The van der Waals surface area contributed by atoms with Crippen LogP contribution in [0, 0.1) is 0 Å². The van der Waals surface area contributed by atoms with Crippen molar-refractivity contribution in [3.8, 4) is 0 Å². The number of hydrogen-bond donors (Lipinski definition) is 0. The van der Waals surface area contributed by atoms with Crippen molar-refractivity contribution in [1.82, 2.24) is 19.9 Å². The average Bonchev–Trinajstić information content (AvgIpc) is 3.21. The van der Waals surface area contributed by atoms with E-state index < -0.39 is 6.10 Å². The summed E-state index contributed by atoms with van der Waals surface area (Å²) in [6.45, 7) is 3.14. The maximum Gasteiger partial charge on any atom is 0.253 e. The van der Waals surface area contributed by atoms with Crippen LogP contribution in [0.15, 0.2) is 36.2 Å². The van der Waals surface area contributed by atoms with Gasteiger partial charge in [-0.2, -0.15) is 0 Å². The maximum absolute atomic E-state index is 13.1. The molecule has 138 valence electrons. The van der Waals surface area contributed by atoms with E-state index in [1.807, 2.05) is 11.0 Å². The Hall–Kier alpha value is -2.58. The quantitative estimate of drug-likeness (QED) is 0.675. The summed E-state index contributed by atoms with van der Waals surface area (Å²) in [6, 6.07) is 4.04. The largest absolute Gasteiger partial charge is 0.365 e. The molecule has 1 atom stereocenters. The average molecular weight is 381 g/mol. The molecule has 5 rings (SSSR count). The van der Waals surface area contributed by atoms with Crippen LogP contribution in [0.25, 0.3) is 10.9 Å². The number of hydrogen-bond acceptors (Lipinski definition) is 7. The molecule has 0 spiro atoms. The van der Waals surface area contributed by atoms with Gasteiger partial charge in [-0.15, -0.1) is 11.3 Å². The number of carbonyl (C=O) groups excluding carboxylic acids is 1. The molecule has 0 bridgehead atoms. The molecule has 0 radical (unpaired) electrons. The molecule has 0 saturated carbocycles. The second-order valence-electron chi connectivity index (χ2n) is 6.77. The van der Waals surface area contributed by atoms with Gasteiger partial charge in [-0.25, -0.2) is 9.97 Å². The molecule has 8 heteroatoms. The topological polar surface area (TPSA) is 71.5 Å². The SMILES string of the molecule is O=C(C1CN(c2ncnc3cnccc23)CCO1)N1CCc2sccc2C1. The summed E-state index contributed by atoms with van der Waals surface area (Å²) in [4.78, 5) is 31.4. The highest BCUT2D eigenvalue weighted by Crippen LogP contribution is 2.27. The second kappa shape index (κ2) is 6.86. The Bertz CT molecular complexity index is 986. The zero-order valence-corrected chi connectivity index (χ0v) is 15.6. The number of nitrogens with zero attached hydrogens (tertiary/aromatic N) is 5. The van der Waals surface area contributed by atoms with Gasteiger partial charge < -0.3 is 14.5 Å². The van der Waals surface area contributed by atoms with Crippen molar-refractivity contribution in [3.63, 3.8) is 0 Å². The van der Waals surface area contributed by atoms with Crippen molar-refractivity contribution in [2.24, 2.45) is 0 Å². The van der Waals surface area contributed by atoms with Crippen molar-refractivity contribution in [1.29, 1.82) is 0 Å². The van der Waals surface area contributed by atoms with Gasteiger partial charge in [0.05, 0.1) is 24.9 Å². The number of aromatic nitrogens is 3. The number of morpholine rings is 1. The molecule has 1 unspecified atom stereocenters. The van der Waals surface area contributed by atoms with Crippen molar-refractivity contribution in [2.75, 3.05) is 31.1 Å². The molecule has 0 N–H and O–H groups in total. The van der Waals surface area contributed by atoms with Crippen LogP contribution in [0.2, 0.25) is 0 Å². The van der Waals surface area contributed by atoms with Gasteiger partial charge in [0.15, 0.2) is 6.10 Å². The van der Waals surface area contributed by atoms with Crippen molar-refractivity contribution in [3.05, 3.63) is 46.7 Å². The zero-order chi connectivity index (χ0) is 18.2. The fourth-order valence-electron chi connectivity index (χ4n) is 3.78. The van der Waals surface area contributed by atoms with E-state index >= 15 is 0 Å². The molecule has 27 heavy (non-hydrogen) atoms. The lowest BCUT2D eigenvalue weighted by Crippen LogP contribution is -2.52. The van der Waals surface area contributed by atoms with Gasteiger partial charge in [0.1, 0.15) is 12.1 Å². The van der Waals surface area contributed by atoms with Crippen LogP contribution < -0.4 is 4.90 Å². The highest BCUT2D eigenvalue weighted by atomic mass is 32.1. The molecule has 2 aliphatic heterocycles. The fourth-order valence-corrected chi connectivity index (χ4v) is 4.67. The van der Waals surface area contributed by atoms with E-state index in [9.17, 15) is 4.79 Å². The van der Waals surface area contributed by atoms with Gasteiger partial charge in [0.2, 0.25) is 0 Å². The number of fused-ring (bicyclic) bond motifs is 2. The molecule has 1 amide bonds. The minimum atomic E-state index is -0.467. The Kier molecular flexibility index (Phi) is 4.21. The predicted octanol–water partition coefficient (Wildman–Crippen LogP) is 1.88. The van der Waals surface area contributed by atoms with Crippen LogP contribution >= 0.6 is 11.3 Å². The van der Waals surface area contributed by atoms with Crippen molar-refractivity contribution < 1.29 is 9.53 Å². The Morgan fingerprint density at radius 3 is 3.19 bits per heavy atom. The first-order valence-corrected chi connectivity index (χ1v) is 9.93. The van der Waals surface area contributed by atoms with Crippen LogP contribution in [0.5, 0.6) is 0 Å². The first-order chi connectivity index (χ1) is 13.3. The zero-order valence-electron chi connectivity index (χ0n) is 14.7. The van der Waals surface area contributed by atoms with Gasteiger partial charge in [0.25, 0.3) is 5.91 Å². The lowest BCUT2D eigenvalue weighted by atomic mass is 10.1. The predicted molar refractivity (Wildman–Crippen MR) is 103 cm³/mol. The molecule has 2 aliphatic rings. The minimum absolute atomic E-state index is 0.0663. The first kappa shape index (κ1) is 16.6. The van der Waals surface area contributed by atoms with Crippen molar-refractivity contribution >= 4 is 34.0 Å². The van der Waals surface area contributed by atoms with Crippen LogP contribution in [0.1, 0.15) is 10.4 Å². The molecule has 1 saturated heterocycles. The lowest BCUT2D eigenvalue weighted by molar-refractivity contribution is -0.145. The molecular formula is C19H19N5O2S. The fraction of sp³-hybridized carbons (Fsp3) is 0.368. The van der Waals surface area contributed by atoms with E-state index in [1.54, 1.807) is 30.1 Å².